The molecule has 0 radical (unpaired) electrons. The molecule has 2 N–H and O–H groups in total. The van der Waals surface area contributed by atoms with Crippen LogP contribution in [0.2, 0.25) is 0 Å². The van der Waals surface area contributed by atoms with Crippen molar-refractivity contribution in [2.24, 2.45) is 0 Å². The van der Waals surface area contributed by atoms with Crippen LogP contribution in [0.5, 0.6) is 5.75 Å². The quantitative estimate of drug-likeness (QED) is 0.895. The Balaban J connectivity index is 1.81. The van der Waals surface area contributed by atoms with E-state index < -0.39 is 5.41 Å². The Kier molecular flexibility index (Phi) is 2.94. The Labute approximate surface area is 129 Å². The molecule has 4 nitrogen and oxygen atoms in total. The number of rotatable bonds is 2. The third-order valence-electron chi connectivity index (χ3n) is 4.87. The maximum atomic E-state index is 12.8. The molecule has 112 valence electrons. The number of methoxy groups -OCH3 is 1. The molecule has 1 saturated heterocycles. The summed E-state index contributed by atoms with van der Waals surface area (Å²) in [6.45, 7) is 0.832. The maximum absolute atomic E-state index is 12.8. The lowest BCUT2D eigenvalue weighted by molar-refractivity contribution is -0.121. The van der Waals surface area contributed by atoms with Gasteiger partial charge in [-0.05, 0) is 42.3 Å². The molecule has 0 saturated carbocycles. The van der Waals surface area contributed by atoms with Crippen molar-refractivity contribution in [2.75, 3.05) is 19.0 Å². The second-order valence-corrected chi connectivity index (χ2v) is 5.88. The van der Waals surface area contributed by atoms with Crippen LogP contribution in [-0.4, -0.2) is 19.6 Å². The summed E-state index contributed by atoms with van der Waals surface area (Å²) in [5, 5.41) is 6.56. The van der Waals surface area contributed by atoms with E-state index in [9.17, 15) is 4.79 Å². The minimum atomic E-state index is -0.509. The van der Waals surface area contributed by atoms with Gasteiger partial charge in [0.25, 0.3) is 0 Å². The lowest BCUT2D eigenvalue weighted by Gasteiger charge is -2.29. The summed E-state index contributed by atoms with van der Waals surface area (Å²) in [6.07, 6.45) is 0.812. The van der Waals surface area contributed by atoms with Gasteiger partial charge in [-0.15, -0.1) is 0 Å². The van der Waals surface area contributed by atoms with Gasteiger partial charge in [0, 0.05) is 5.69 Å². The average Bonchev–Trinajstić information content (AvgIpc) is 3.12. The molecule has 0 bridgehead atoms. The van der Waals surface area contributed by atoms with E-state index in [0.717, 1.165) is 35.5 Å². The summed E-state index contributed by atoms with van der Waals surface area (Å²) in [7, 11) is 1.66. The fourth-order valence-corrected chi connectivity index (χ4v) is 3.80. The van der Waals surface area contributed by atoms with Gasteiger partial charge in [-0.1, -0.05) is 30.3 Å². The lowest BCUT2D eigenvalue weighted by atomic mass is 9.73. The van der Waals surface area contributed by atoms with Gasteiger partial charge in [0.15, 0.2) is 0 Å². The molecule has 4 heteroatoms. The van der Waals surface area contributed by atoms with Gasteiger partial charge in [0.2, 0.25) is 5.91 Å². The lowest BCUT2D eigenvalue weighted by Crippen LogP contribution is -2.39. The van der Waals surface area contributed by atoms with E-state index in [2.05, 4.69) is 16.7 Å². The van der Waals surface area contributed by atoms with Crippen molar-refractivity contribution in [1.82, 2.24) is 5.32 Å². The van der Waals surface area contributed by atoms with Crippen LogP contribution in [-0.2, 0) is 10.2 Å². The molecule has 2 aromatic rings. The molecule has 2 heterocycles. The highest BCUT2D eigenvalue weighted by molar-refractivity contribution is 6.07. The van der Waals surface area contributed by atoms with Gasteiger partial charge in [-0.2, -0.15) is 0 Å². The smallest absolute Gasteiger partial charge is 0.237 e. The summed E-state index contributed by atoms with van der Waals surface area (Å²) in [5.41, 5.74) is 2.65. The summed E-state index contributed by atoms with van der Waals surface area (Å²) in [5.74, 6) is 0.923. The summed E-state index contributed by atoms with van der Waals surface area (Å²) >= 11 is 0. The van der Waals surface area contributed by atoms with E-state index in [0.29, 0.717) is 0 Å². The zero-order valence-corrected chi connectivity index (χ0v) is 12.4. The van der Waals surface area contributed by atoms with Crippen molar-refractivity contribution in [2.45, 2.75) is 17.9 Å². The average molecular weight is 294 g/mol. The summed E-state index contributed by atoms with van der Waals surface area (Å²) in [6, 6.07) is 16.0. The highest BCUT2D eigenvalue weighted by Crippen LogP contribution is 2.50. The van der Waals surface area contributed by atoms with Crippen LogP contribution in [0.25, 0.3) is 0 Å². The topological polar surface area (TPSA) is 50.4 Å². The van der Waals surface area contributed by atoms with Crippen molar-refractivity contribution in [3.8, 4) is 5.75 Å². The Morgan fingerprint density at radius 1 is 1.14 bits per heavy atom. The van der Waals surface area contributed by atoms with E-state index in [1.165, 1.54) is 0 Å². The monoisotopic (exact) mass is 294 g/mol. The Morgan fingerprint density at radius 2 is 1.91 bits per heavy atom. The van der Waals surface area contributed by atoms with Gasteiger partial charge in [-0.25, -0.2) is 0 Å². The molecule has 2 aromatic carbocycles. The van der Waals surface area contributed by atoms with Crippen molar-refractivity contribution < 1.29 is 9.53 Å². The largest absolute Gasteiger partial charge is 0.497 e. The molecule has 4 rings (SSSR count). The minimum Gasteiger partial charge on any atom is -0.497 e. The van der Waals surface area contributed by atoms with Crippen molar-refractivity contribution in [1.29, 1.82) is 0 Å². The number of hydrogen-bond donors (Lipinski definition) is 2. The van der Waals surface area contributed by atoms with Crippen LogP contribution in [0, 0.1) is 0 Å². The predicted octanol–water partition coefficient (Wildman–Crippen LogP) is 2.62. The van der Waals surface area contributed by atoms with Gasteiger partial charge >= 0.3 is 0 Å². The molecule has 1 amide bonds. The number of benzene rings is 2. The molecular formula is C18H18N2O2. The van der Waals surface area contributed by atoms with Crippen molar-refractivity contribution >= 4 is 11.6 Å². The fraction of sp³-hybridized carbons (Fsp3) is 0.278. The second kappa shape index (κ2) is 4.85. The number of carbonyl (C=O) groups excluding carboxylic acids is 1. The first-order chi connectivity index (χ1) is 10.8. The third-order valence-corrected chi connectivity index (χ3v) is 4.87. The molecule has 22 heavy (non-hydrogen) atoms. The first kappa shape index (κ1) is 13.3. The number of para-hydroxylation sites is 1. The zero-order valence-electron chi connectivity index (χ0n) is 12.4. The Bertz CT molecular complexity index is 726. The van der Waals surface area contributed by atoms with E-state index in [1.54, 1.807) is 7.11 Å². The van der Waals surface area contributed by atoms with E-state index in [1.807, 2.05) is 42.5 Å². The number of hydrogen-bond acceptors (Lipinski definition) is 3. The molecule has 0 aliphatic carbocycles. The van der Waals surface area contributed by atoms with Crippen molar-refractivity contribution in [3.63, 3.8) is 0 Å². The predicted molar refractivity (Wildman–Crippen MR) is 85.1 cm³/mol. The molecule has 1 fully saturated rings. The van der Waals surface area contributed by atoms with E-state index in [4.69, 9.17) is 4.74 Å². The summed E-state index contributed by atoms with van der Waals surface area (Å²) in [4.78, 5) is 12.8. The number of amides is 1. The fourth-order valence-electron chi connectivity index (χ4n) is 3.80. The molecule has 0 unspecified atom stereocenters. The highest BCUT2D eigenvalue weighted by Gasteiger charge is 2.55. The van der Waals surface area contributed by atoms with Crippen LogP contribution in [0.1, 0.15) is 23.6 Å². The van der Waals surface area contributed by atoms with Crippen LogP contribution < -0.4 is 15.4 Å². The number of nitrogens with one attached hydrogen (secondary N) is 2. The van der Waals surface area contributed by atoms with E-state index in [-0.39, 0.29) is 11.9 Å². The minimum absolute atomic E-state index is 0.0120. The SMILES string of the molecule is COc1ccc([C@@H]2NCC[C@@]23C(=O)Nc2ccccc23)cc1. The number of anilines is 1. The maximum Gasteiger partial charge on any atom is 0.237 e. The van der Waals surface area contributed by atoms with Crippen molar-refractivity contribution in [3.05, 3.63) is 59.7 Å². The Morgan fingerprint density at radius 3 is 2.68 bits per heavy atom. The molecular weight excluding hydrogens is 276 g/mol. The van der Waals surface area contributed by atoms with E-state index >= 15 is 0 Å². The van der Waals surface area contributed by atoms with Crippen LogP contribution >= 0.6 is 0 Å². The van der Waals surface area contributed by atoms with Gasteiger partial charge in [0.05, 0.1) is 18.6 Å². The second-order valence-electron chi connectivity index (χ2n) is 5.88. The highest BCUT2D eigenvalue weighted by atomic mass is 16.5. The van der Waals surface area contributed by atoms with Crippen LogP contribution in [0.15, 0.2) is 48.5 Å². The van der Waals surface area contributed by atoms with Gasteiger partial charge < -0.3 is 15.4 Å². The van der Waals surface area contributed by atoms with Crippen LogP contribution in [0.4, 0.5) is 5.69 Å². The Hall–Kier alpha value is -2.33. The number of fused-ring (bicyclic) bond motifs is 2. The zero-order chi connectivity index (χ0) is 15.2. The number of ether oxygens (including phenoxy) is 1. The first-order valence-electron chi connectivity index (χ1n) is 7.54. The molecule has 2 atom stereocenters. The van der Waals surface area contributed by atoms with Crippen LogP contribution in [0.3, 0.4) is 0 Å². The number of carbonyl (C=O) groups is 1. The molecule has 2 aliphatic rings. The third kappa shape index (κ3) is 1.70. The van der Waals surface area contributed by atoms with Gasteiger partial charge in [-0.3, -0.25) is 4.79 Å². The van der Waals surface area contributed by atoms with Gasteiger partial charge in [0.1, 0.15) is 5.75 Å². The molecule has 2 aliphatic heterocycles. The normalized spacial score (nSPS) is 26.0. The summed E-state index contributed by atoms with van der Waals surface area (Å²) < 4.78 is 5.23. The first-order valence-corrected chi connectivity index (χ1v) is 7.54. The molecule has 1 spiro atoms. The standard InChI is InChI=1S/C18H18N2O2/c1-22-13-8-6-12(7-9-13)16-18(10-11-19-16)14-4-2-3-5-15(14)20-17(18)21/h2-9,16,19H,10-11H2,1H3,(H,20,21)/t16-,18-/m0/s1. The molecule has 0 aromatic heterocycles.